The zero-order valence-electron chi connectivity index (χ0n) is 9.41. The molecule has 2 aromatic rings. The summed E-state index contributed by atoms with van der Waals surface area (Å²) in [5.74, 6) is 0. The Hall–Kier alpha value is -2.98. The summed E-state index contributed by atoms with van der Waals surface area (Å²) in [5.41, 5.74) is 2.54. The summed E-state index contributed by atoms with van der Waals surface area (Å²) in [5, 5.41) is 25.4. The molecule has 0 saturated heterocycles. The fraction of sp³-hybridized carbons (Fsp3) is 0. The third kappa shape index (κ3) is 2.78. The van der Waals surface area contributed by atoms with Gasteiger partial charge in [-0.25, -0.2) is 0 Å². The van der Waals surface area contributed by atoms with Gasteiger partial charge in [0.05, 0.1) is 34.6 Å². The molecule has 0 fully saturated rings. The Morgan fingerprint density at radius 2 is 0.944 bits per heavy atom. The average molecular weight is 232 g/mol. The molecule has 4 nitrogen and oxygen atoms in total. The van der Waals surface area contributed by atoms with Crippen LogP contribution in [0.25, 0.3) is 0 Å². The van der Waals surface area contributed by atoms with Crippen LogP contribution >= 0.6 is 0 Å². The fourth-order valence-corrected chi connectivity index (χ4v) is 1.32. The quantitative estimate of drug-likeness (QED) is 0.737. The first-order valence-electron chi connectivity index (χ1n) is 5.24. The Balaban J connectivity index is 2.14. The van der Waals surface area contributed by atoms with Gasteiger partial charge >= 0.3 is 0 Å². The van der Waals surface area contributed by atoms with Gasteiger partial charge in [0.15, 0.2) is 0 Å². The van der Waals surface area contributed by atoms with Crippen LogP contribution in [0.15, 0.2) is 58.8 Å². The van der Waals surface area contributed by atoms with Crippen molar-refractivity contribution in [3.8, 4) is 12.1 Å². The highest BCUT2D eigenvalue weighted by molar-refractivity contribution is 5.45. The van der Waals surface area contributed by atoms with Crippen LogP contribution in [0, 0.1) is 22.7 Å². The van der Waals surface area contributed by atoms with E-state index >= 15 is 0 Å². The molecule has 0 spiro atoms. The molecule has 0 unspecified atom stereocenters. The molecule has 2 rings (SSSR count). The second-order valence-corrected chi connectivity index (χ2v) is 3.52. The Morgan fingerprint density at radius 1 is 0.611 bits per heavy atom. The maximum Gasteiger partial charge on any atom is 0.0991 e. The largest absolute Gasteiger partial charge is 0.192 e. The molecule has 0 N–H and O–H groups in total. The van der Waals surface area contributed by atoms with E-state index in [1.54, 1.807) is 48.5 Å². The Kier molecular flexibility index (Phi) is 3.44. The number of rotatable bonds is 2. The molecule has 84 valence electrons. The first kappa shape index (κ1) is 11.5. The lowest BCUT2D eigenvalue weighted by atomic mass is 10.2. The summed E-state index contributed by atoms with van der Waals surface area (Å²) >= 11 is 0. The van der Waals surface area contributed by atoms with Crippen molar-refractivity contribution in [3.63, 3.8) is 0 Å². The van der Waals surface area contributed by atoms with Gasteiger partial charge in [-0.05, 0) is 48.5 Å². The maximum absolute atomic E-state index is 8.66. The topological polar surface area (TPSA) is 72.3 Å². The Morgan fingerprint density at radius 3 is 1.22 bits per heavy atom. The van der Waals surface area contributed by atoms with Gasteiger partial charge < -0.3 is 0 Å². The zero-order chi connectivity index (χ0) is 12.8. The number of nitriles is 2. The van der Waals surface area contributed by atoms with Gasteiger partial charge in [-0.1, -0.05) is 0 Å². The molecule has 0 amide bonds. The van der Waals surface area contributed by atoms with Crippen LogP contribution in [0.4, 0.5) is 11.4 Å². The minimum absolute atomic E-state index is 0.590. The van der Waals surface area contributed by atoms with Crippen molar-refractivity contribution in [1.82, 2.24) is 0 Å². The molecule has 0 atom stereocenters. The second kappa shape index (κ2) is 5.38. The molecular weight excluding hydrogens is 224 g/mol. The van der Waals surface area contributed by atoms with E-state index in [2.05, 4.69) is 10.2 Å². The minimum Gasteiger partial charge on any atom is -0.192 e. The number of hydrogen-bond acceptors (Lipinski definition) is 4. The van der Waals surface area contributed by atoms with Crippen molar-refractivity contribution in [2.75, 3.05) is 0 Å². The highest BCUT2D eigenvalue weighted by atomic mass is 15.1. The van der Waals surface area contributed by atoms with E-state index in [1.165, 1.54) is 0 Å². The predicted molar refractivity (Wildman–Crippen MR) is 66.5 cm³/mol. The van der Waals surface area contributed by atoms with E-state index in [0.29, 0.717) is 22.5 Å². The van der Waals surface area contributed by atoms with Gasteiger partial charge in [0.2, 0.25) is 0 Å². The molecule has 0 aliphatic rings. The standard InChI is InChI=1S/C14H8N4/c15-9-11-1-5-13(6-2-11)17-18-14-7-3-12(10-16)4-8-14/h1-8H/b18-17+. The number of nitrogens with zero attached hydrogens (tertiary/aromatic N) is 4. The van der Waals surface area contributed by atoms with Gasteiger partial charge in [-0.15, -0.1) is 0 Å². The smallest absolute Gasteiger partial charge is 0.0991 e. The van der Waals surface area contributed by atoms with Crippen molar-refractivity contribution in [3.05, 3.63) is 59.7 Å². The third-order valence-electron chi connectivity index (χ3n) is 2.27. The molecule has 0 aromatic heterocycles. The summed E-state index contributed by atoms with van der Waals surface area (Å²) in [7, 11) is 0. The van der Waals surface area contributed by atoms with Crippen LogP contribution in [-0.2, 0) is 0 Å². The lowest BCUT2D eigenvalue weighted by molar-refractivity contribution is 1.23. The normalized spacial score (nSPS) is 9.89. The summed E-state index contributed by atoms with van der Waals surface area (Å²) < 4.78 is 0. The van der Waals surface area contributed by atoms with Crippen LogP contribution in [0.1, 0.15) is 11.1 Å². The summed E-state index contributed by atoms with van der Waals surface area (Å²) in [6.45, 7) is 0. The van der Waals surface area contributed by atoms with E-state index in [-0.39, 0.29) is 0 Å². The maximum atomic E-state index is 8.66. The molecule has 0 saturated carbocycles. The molecule has 4 heteroatoms. The molecule has 0 heterocycles. The van der Waals surface area contributed by atoms with Gasteiger partial charge in [-0.3, -0.25) is 0 Å². The van der Waals surface area contributed by atoms with E-state index in [1.807, 2.05) is 12.1 Å². The van der Waals surface area contributed by atoms with Crippen molar-refractivity contribution >= 4 is 11.4 Å². The number of hydrogen-bond donors (Lipinski definition) is 0. The van der Waals surface area contributed by atoms with Crippen LogP contribution in [0.5, 0.6) is 0 Å². The molecule has 0 bridgehead atoms. The van der Waals surface area contributed by atoms with Crippen molar-refractivity contribution in [2.24, 2.45) is 10.2 Å². The van der Waals surface area contributed by atoms with Crippen LogP contribution < -0.4 is 0 Å². The molecule has 2 aromatic carbocycles. The molecular formula is C14H8N4. The molecule has 0 radical (unpaired) electrons. The van der Waals surface area contributed by atoms with Crippen molar-refractivity contribution in [1.29, 1.82) is 10.5 Å². The SMILES string of the molecule is N#Cc1ccc(/N=N/c2ccc(C#N)cc2)cc1. The van der Waals surface area contributed by atoms with Crippen molar-refractivity contribution in [2.45, 2.75) is 0 Å². The lowest BCUT2D eigenvalue weighted by Gasteiger charge is -1.94. The van der Waals surface area contributed by atoms with E-state index in [0.717, 1.165) is 0 Å². The Bertz CT molecular complexity index is 581. The molecule has 18 heavy (non-hydrogen) atoms. The summed E-state index contributed by atoms with van der Waals surface area (Å²) in [6.07, 6.45) is 0. The second-order valence-electron chi connectivity index (χ2n) is 3.52. The monoisotopic (exact) mass is 232 g/mol. The van der Waals surface area contributed by atoms with E-state index in [4.69, 9.17) is 10.5 Å². The van der Waals surface area contributed by atoms with Crippen molar-refractivity contribution < 1.29 is 0 Å². The van der Waals surface area contributed by atoms with Gasteiger partial charge in [-0.2, -0.15) is 20.8 Å². The Labute approximate surface area is 104 Å². The molecule has 0 aliphatic carbocycles. The average Bonchev–Trinajstić information content (AvgIpc) is 2.46. The number of azo groups is 1. The van der Waals surface area contributed by atoms with E-state index in [9.17, 15) is 0 Å². The van der Waals surface area contributed by atoms with Crippen LogP contribution in [0.2, 0.25) is 0 Å². The summed E-state index contributed by atoms with van der Waals surface area (Å²) in [4.78, 5) is 0. The first-order valence-corrected chi connectivity index (χ1v) is 5.24. The van der Waals surface area contributed by atoms with E-state index < -0.39 is 0 Å². The third-order valence-corrected chi connectivity index (χ3v) is 2.27. The van der Waals surface area contributed by atoms with Gasteiger partial charge in [0, 0.05) is 0 Å². The van der Waals surface area contributed by atoms with Crippen LogP contribution in [-0.4, -0.2) is 0 Å². The lowest BCUT2D eigenvalue weighted by Crippen LogP contribution is -1.71. The first-order chi connectivity index (χ1) is 8.81. The number of benzene rings is 2. The van der Waals surface area contributed by atoms with Crippen LogP contribution in [0.3, 0.4) is 0 Å². The zero-order valence-corrected chi connectivity index (χ0v) is 9.41. The highest BCUT2D eigenvalue weighted by Gasteiger charge is 1.93. The minimum atomic E-state index is 0.590. The highest BCUT2D eigenvalue weighted by Crippen LogP contribution is 2.18. The van der Waals surface area contributed by atoms with Gasteiger partial charge in [0.25, 0.3) is 0 Å². The fourth-order valence-electron chi connectivity index (χ4n) is 1.32. The summed E-state index contributed by atoms with van der Waals surface area (Å²) in [6, 6.07) is 17.7. The molecule has 0 aliphatic heterocycles. The van der Waals surface area contributed by atoms with Gasteiger partial charge in [0.1, 0.15) is 0 Å². The predicted octanol–water partition coefficient (Wildman–Crippen LogP) is 3.85.